The van der Waals surface area contributed by atoms with Gasteiger partial charge in [0.2, 0.25) is 6.08 Å². The van der Waals surface area contributed by atoms with Gasteiger partial charge in [-0.3, -0.25) is 4.79 Å². The molecule has 0 atom stereocenters. The minimum absolute atomic E-state index is 0.169. The fourth-order valence-electron chi connectivity index (χ4n) is 0.545. The van der Waals surface area contributed by atoms with Crippen LogP contribution in [-0.4, -0.2) is 16.9 Å². The first-order valence-corrected chi connectivity index (χ1v) is 2.39. The van der Waals surface area contributed by atoms with Crippen molar-refractivity contribution in [2.75, 3.05) is 0 Å². The Morgan fingerprint density at radius 2 is 2.40 bits per heavy atom. The first kappa shape index (κ1) is 6.27. The van der Waals surface area contributed by atoms with Crippen LogP contribution in [0.25, 0.3) is 0 Å². The van der Waals surface area contributed by atoms with Crippen LogP contribution in [0.1, 0.15) is 0 Å². The maximum Gasteiger partial charge on any atom is 0.267 e. The van der Waals surface area contributed by atoms with Gasteiger partial charge >= 0.3 is 0 Å². The lowest BCUT2D eigenvalue weighted by Crippen LogP contribution is -2.31. The van der Waals surface area contributed by atoms with Gasteiger partial charge < -0.3 is 0 Å². The summed E-state index contributed by atoms with van der Waals surface area (Å²) in [5.41, 5.74) is 0. The lowest BCUT2D eigenvalue weighted by molar-refractivity contribution is -0.124. The van der Waals surface area contributed by atoms with Crippen molar-refractivity contribution in [3.8, 4) is 12.5 Å². The first-order valence-electron chi connectivity index (χ1n) is 2.39. The molecule has 0 bridgehead atoms. The quantitative estimate of drug-likeness (QED) is 0.278. The number of rotatable bonds is 1. The van der Waals surface area contributed by atoms with Gasteiger partial charge in [0.15, 0.2) is 5.82 Å². The molecule has 0 N–H and O–H groups in total. The van der Waals surface area contributed by atoms with Crippen molar-refractivity contribution in [1.29, 1.82) is 0 Å². The van der Waals surface area contributed by atoms with E-state index in [0.29, 0.717) is 0 Å². The summed E-state index contributed by atoms with van der Waals surface area (Å²) in [5, 5.41) is 0. The summed E-state index contributed by atoms with van der Waals surface area (Å²) in [6, 6.07) is 2.03. The molecule has 10 heavy (non-hydrogen) atoms. The number of carbonyl (C=O) groups excluding carboxylic acids is 2. The van der Waals surface area contributed by atoms with E-state index in [4.69, 9.17) is 6.42 Å². The molecule has 0 unspecified atom stereocenters. The van der Waals surface area contributed by atoms with Gasteiger partial charge in [-0.25, -0.2) is 9.69 Å². The van der Waals surface area contributed by atoms with Crippen LogP contribution in [0.5, 0.6) is 0 Å². The zero-order chi connectivity index (χ0) is 7.56. The number of terminal acetylenes is 1. The van der Waals surface area contributed by atoms with E-state index in [1.54, 1.807) is 0 Å². The SMILES string of the molecule is C#CN1C(=O)C=C1N=C=O. The summed E-state index contributed by atoms with van der Waals surface area (Å²) >= 11 is 0. The fraction of sp³-hybridized carbons (Fsp3) is 0. The average molecular weight is 134 g/mol. The minimum atomic E-state index is -0.337. The highest BCUT2D eigenvalue weighted by Crippen LogP contribution is 2.14. The number of isocyanates is 1. The average Bonchev–Trinajstić information content (AvgIpc) is 1.88. The van der Waals surface area contributed by atoms with Gasteiger partial charge in [-0.1, -0.05) is 6.42 Å². The summed E-state index contributed by atoms with van der Waals surface area (Å²) in [7, 11) is 0. The van der Waals surface area contributed by atoms with Crippen molar-refractivity contribution in [1.82, 2.24) is 4.90 Å². The molecular formula is C6H2N2O2. The van der Waals surface area contributed by atoms with E-state index < -0.39 is 0 Å². The largest absolute Gasteiger partial charge is 0.268 e. The van der Waals surface area contributed by atoms with Crippen LogP contribution >= 0.6 is 0 Å². The molecule has 0 aromatic heterocycles. The van der Waals surface area contributed by atoms with Gasteiger partial charge in [0.25, 0.3) is 5.91 Å². The molecule has 0 aromatic rings. The second kappa shape index (κ2) is 2.18. The Balaban J connectivity index is 2.87. The third-order valence-electron chi connectivity index (χ3n) is 0.991. The monoisotopic (exact) mass is 134 g/mol. The second-order valence-electron chi connectivity index (χ2n) is 1.51. The van der Waals surface area contributed by atoms with Crippen LogP contribution in [0.15, 0.2) is 16.9 Å². The molecular weight excluding hydrogens is 132 g/mol. The Morgan fingerprint density at radius 3 is 2.80 bits per heavy atom. The lowest BCUT2D eigenvalue weighted by atomic mass is 10.3. The Labute approximate surface area is 56.8 Å². The van der Waals surface area contributed by atoms with Crippen LogP contribution in [0.4, 0.5) is 0 Å². The van der Waals surface area contributed by atoms with E-state index in [0.717, 1.165) is 11.0 Å². The Hall–Kier alpha value is -1.85. The highest BCUT2D eigenvalue weighted by Gasteiger charge is 2.24. The van der Waals surface area contributed by atoms with Crippen molar-refractivity contribution >= 4 is 12.0 Å². The van der Waals surface area contributed by atoms with Crippen molar-refractivity contribution in [2.24, 2.45) is 4.99 Å². The number of hydrogen-bond acceptors (Lipinski definition) is 3. The first-order chi connectivity index (χ1) is 4.79. The smallest absolute Gasteiger partial charge is 0.267 e. The van der Waals surface area contributed by atoms with E-state index in [9.17, 15) is 9.59 Å². The number of amides is 1. The predicted octanol–water partition coefficient (Wildman–Crippen LogP) is -0.403. The van der Waals surface area contributed by atoms with Crippen LogP contribution in [-0.2, 0) is 9.59 Å². The Bertz CT molecular complexity index is 291. The molecule has 0 radical (unpaired) electrons. The van der Waals surface area contributed by atoms with Crippen LogP contribution in [0.2, 0.25) is 0 Å². The van der Waals surface area contributed by atoms with Gasteiger partial charge in [0.05, 0.1) is 0 Å². The van der Waals surface area contributed by atoms with Crippen molar-refractivity contribution < 1.29 is 9.59 Å². The maximum absolute atomic E-state index is 10.5. The van der Waals surface area contributed by atoms with Gasteiger partial charge in [0.1, 0.15) is 0 Å². The summed E-state index contributed by atoms with van der Waals surface area (Å²) < 4.78 is 0. The van der Waals surface area contributed by atoms with E-state index >= 15 is 0 Å². The molecule has 1 aliphatic rings. The van der Waals surface area contributed by atoms with Gasteiger partial charge in [0, 0.05) is 12.1 Å². The lowest BCUT2D eigenvalue weighted by Gasteiger charge is -2.19. The van der Waals surface area contributed by atoms with Gasteiger partial charge in [-0.05, 0) is 0 Å². The molecule has 1 rings (SSSR count). The van der Waals surface area contributed by atoms with E-state index in [-0.39, 0.29) is 11.7 Å². The highest BCUT2D eigenvalue weighted by atomic mass is 16.2. The maximum atomic E-state index is 10.5. The summed E-state index contributed by atoms with van der Waals surface area (Å²) in [6.45, 7) is 0. The third-order valence-corrected chi connectivity index (χ3v) is 0.991. The number of carbonyl (C=O) groups is 1. The normalized spacial score (nSPS) is 14.5. The molecule has 0 aromatic carbocycles. The summed E-state index contributed by atoms with van der Waals surface area (Å²) in [4.78, 5) is 24.2. The molecule has 0 saturated heterocycles. The molecule has 4 heteroatoms. The molecule has 0 fully saturated rings. The minimum Gasteiger partial charge on any atom is -0.268 e. The zero-order valence-corrected chi connectivity index (χ0v) is 4.87. The molecule has 48 valence electrons. The third kappa shape index (κ3) is 0.711. The molecule has 0 saturated carbocycles. The number of nitrogens with zero attached hydrogens (tertiary/aromatic N) is 2. The van der Waals surface area contributed by atoms with Crippen molar-refractivity contribution in [2.45, 2.75) is 0 Å². The van der Waals surface area contributed by atoms with Crippen LogP contribution in [0, 0.1) is 12.5 Å². The van der Waals surface area contributed by atoms with E-state index in [2.05, 4.69) is 4.99 Å². The van der Waals surface area contributed by atoms with Gasteiger partial charge in [-0.2, -0.15) is 0 Å². The Morgan fingerprint density at radius 1 is 1.70 bits per heavy atom. The molecule has 0 spiro atoms. The van der Waals surface area contributed by atoms with Crippen LogP contribution in [0.3, 0.4) is 0 Å². The van der Waals surface area contributed by atoms with Crippen molar-refractivity contribution in [3.63, 3.8) is 0 Å². The van der Waals surface area contributed by atoms with Crippen molar-refractivity contribution in [3.05, 3.63) is 11.9 Å². The molecule has 1 aliphatic heterocycles. The molecule has 0 aliphatic carbocycles. The summed E-state index contributed by atoms with van der Waals surface area (Å²) in [6.07, 6.45) is 7.30. The molecule has 1 amide bonds. The molecule has 4 nitrogen and oxygen atoms in total. The second-order valence-corrected chi connectivity index (χ2v) is 1.51. The molecule has 1 heterocycles. The van der Waals surface area contributed by atoms with Gasteiger partial charge in [-0.15, -0.1) is 4.99 Å². The fourth-order valence-corrected chi connectivity index (χ4v) is 0.545. The van der Waals surface area contributed by atoms with E-state index in [1.165, 1.54) is 6.08 Å². The Kier molecular flexibility index (Phi) is 1.36. The topological polar surface area (TPSA) is 49.7 Å². The zero-order valence-electron chi connectivity index (χ0n) is 4.87. The highest BCUT2D eigenvalue weighted by molar-refractivity contribution is 5.97. The number of aliphatic imine (C=N–C) groups is 1. The standard InChI is InChI=1S/C6H2N2O2/c1-2-8-5(7-4-9)3-6(8)10/h1,3H. The summed E-state index contributed by atoms with van der Waals surface area (Å²) in [5.74, 6) is -0.168. The predicted molar refractivity (Wildman–Crippen MR) is 31.9 cm³/mol. The number of hydrogen-bond donors (Lipinski definition) is 0. The van der Waals surface area contributed by atoms with Crippen LogP contribution < -0.4 is 0 Å². The van der Waals surface area contributed by atoms with E-state index in [1.807, 2.05) is 6.04 Å².